The summed E-state index contributed by atoms with van der Waals surface area (Å²) in [6.07, 6.45) is -1.02. The molecule has 0 rings (SSSR count). The summed E-state index contributed by atoms with van der Waals surface area (Å²) < 4.78 is 36.3. The van der Waals surface area contributed by atoms with Crippen molar-refractivity contribution in [3.63, 3.8) is 0 Å². The Morgan fingerprint density at radius 2 is 1.44 bits per heavy atom. The average molecular weight is 561 g/mol. The van der Waals surface area contributed by atoms with Crippen molar-refractivity contribution >= 4 is 43.1 Å². The summed E-state index contributed by atoms with van der Waals surface area (Å²) in [7, 11) is -4.05. The van der Waals surface area contributed by atoms with Gasteiger partial charge in [-0.05, 0) is 0 Å². The molecule has 36 heavy (non-hydrogen) atoms. The van der Waals surface area contributed by atoms with Gasteiger partial charge in [-0.2, -0.15) is 11.8 Å². The predicted molar refractivity (Wildman–Crippen MR) is 129 cm³/mol. The molecular formula is C20H37N2O12PS. The fourth-order valence-electron chi connectivity index (χ4n) is 2.40. The summed E-state index contributed by atoms with van der Waals surface area (Å²) in [6, 6.07) is -0.826. The molecule has 0 saturated carbocycles. The van der Waals surface area contributed by atoms with Crippen LogP contribution >= 0.6 is 19.4 Å². The van der Waals surface area contributed by atoms with Crippen LogP contribution in [-0.4, -0.2) is 116 Å². The molecule has 0 aliphatic rings. The monoisotopic (exact) mass is 560 g/mol. The molecule has 0 saturated heterocycles. The Balaban J connectivity index is 4.11. The smallest absolute Gasteiger partial charge is 0.327 e. The van der Waals surface area contributed by atoms with E-state index in [9.17, 15) is 23.7 Å². The Morgan fingerprint density at radius 3 is 1.97 bits per heavy atom. The molecule has 0 aromatic heterocycles. The lowest BCUT2D eigenvalue weighted by atomic mass is 10.3. The Kier molecular flexibility index (Phi) is 19.3. The zero-order valence-electron chi connectivity index (χ0n) is 20.8. The Bertz CT molecular complexity index is 721. The number of rotatable bonds is 21. The van der Waals surface area contributed by atoms with E-state index >= 15 is 0 Å². The number of hydrogen-bond acceptors (Lipinski definition) is 11. The van der Waals surface area contributed by atoms with Crippen LogP contribution in [-0.2, 0) is 47.4 Å². The molecule has 0 aliphatic heterocycles. The third kappa shape index (κ3) is 22.7. The van der Waals surface area contributed by atoms with Crippen molar-refractivity contribution in [3.8, 4) is 0 Å². The van der Waals surface area contributed by atoms with Gasteiger partial charge in [0.2, 0.25) is 11.8 Å². The minimum atomic E-state index is -4.05. The molecule has 0 heterocycles. The number of amides is 2. The van der Waals surface area contributed by atoms with E-state index in [0.717, 1.165) is 0 Å². The number of carbonyl (C=O) groups excluding carboxylic acids is 4. The van der Waals surface area contributed by atoms with E-state index in [1.165, 1.54) is 32.5 Å². The molecule has 2 atom stereocenters. The fourth-order valence-corrected chi connectivity index (χ4v) is 3.80. The van der Waals surface area contributed by atoms with Crippen molar-refractivity contribution < 1.29 is 57.2 Å². The van der Waals surface area contributed by atoms with Crippen LogP contribution < -0.4 is 10.6 Å². The van der Waals surface area contributed by atoms with E-state index in [1.807, 2.05) is 0 Å². The quantitative estimate of drug-likeness (QED) is 0.0764. The first-order valence-electron chi connectivity index (χ1n) is 11.1. The van der Waals surface area contributed by atoms with E-state index in [0.29, 0.717) is 0 Å². The lowest BCUT2D eigenvalue weighted by molar-refractivity contribution is -0.154. The van der Waals surface area contributed by atoms with Crippen LogP contribution in [0.1, 0.15) is 20.8 Å². The lowest BCUT2D eigenvalue weighted by Gasteiger charge is -2.20. The third-order valence-electron chi connectivity index (χ3n) is 3.90. The van der Waals surface area contributed by atoms with E-state index in [1.54, 1.807) is 0 Å². The van der Waals surface area contributed by atoms with Crippen LogP contribution in [0.2, 0.25) is 0 Å². The minimum Gasteiger partial charge on any atom is -0.462 e. The van der Waals surface area contributed by atoms with E-state index in [-0.39, 0.29) is 76.4 Å². The molecule has 0 bridgehead atoms. The maximum Gasteiger partial charge on any atom is 0.327 e. The second kappa shape index (κ2) is 20.3. The van der Waals surface area contributed by atoms with Crippen molar-refractivity contribution in [2.24, 2.45) is 0 Å². The molecule has 0 radical (unpaired) electrons. The summed E-state index contributed by atoms with van der Waals surface area (Å²) in [6.45, 7) is 5.01. The van der Waals surface area contributed by atoms with Gasteiger partial charge in [-0.15, -0.1) is 0 Å². The number of thioether (sulfide) groups is 1. The molecule has 0 fully saturated rings. The zero-order chi connectivity index (χ0) is 27.4. The van der Waals surface area contributed by atoms with Gasteiger partial charge in [0.15, 0.2) is 0 Å². The van der Waals surface area contributed by atoms with Gasteiger partial charge in [-0.25, -0.2) is 0 Å². The fraction of sp³-hybridized carbons (Fsp3) is 0.800. The summed E-state index contributed by atoms with van der Waals surface area (Å²) in [4.78, 5) is 63.5. The SMILES string of the molecule is CC(=O)NC(CSCC(COC(C)=O)OC(C)=O)C(=O)NCCOCCOCCOCCP(=O)(O)O. The highest BCUT2D eigenvalue weighted by Gasteiger charge is 2.21. The number of carbonyl (C=O) groups is 4. The van der Waals surface area contributed by atoms with Crippen LogP contribution in [0.3, 0.4) is 0 Å². The van der Waals surface area contributed by atoms with Crippen LogP contribution in [0.4, 0.5) is 0 Å². The highest BCUT2D eigenvalue weighted by Crippen LogP contribution is 2.33. The minimum absolute atomic E-state index is 0.0527. The average Bonchev–Trinajstić information content (AvgIpc) is 2.75. The molecule has 14 nitrogen and oxygen atoms in total. The standard InChI is InChI=1S/C20H37N2O12PS/c1-15(23)22-19(14-36-13-18(34-17(3)25)12-33-16(2)24)20(26)21-4-5-30-6-7-31-8-9-32-10-11-35(27,28)29/h18-19H,4-14H2,1-3H3,(H,21,26)(H,22,23)(H2,27,28,29). The number of esters is 2. The van der Waals surface area contributed by atoms with Crippen molar-refractivity contribution in [1.82, 2.24) is 10.6 Å². The Hall–Kier alpha value is -1.74. The topological polar surface area (TPSA) is 196 Å². The van der Waals surface area contributed by atoms with Crippen LogP contribution in [0, 0.1) is 0 Å². The summed E-state index contributed by atoms with van der Waals surface area (Å²) >= 11 is 1.25. The number of ether oxygens (including phenoxy) is 5. The maximum atomic E-state index is 12.4. The van der Waals surface area contributed by atoms with Gasteiger partial charge in [0.25, 0.3) is 0 Å². The molecule has 210 valence electrons. The lowest BCUT2D eigenvalue weighted by Crippen LogP contribution is -2.48. The highest BCUT2D eigenvalue weighted by atomic mass is 32.2. The molecule has 4 N–H and O–H groups in total. The van der Waals surface area contributed by atoms with Gasteiger partial charge in [0.05, 0.1) is 45.8 Å². The van der Waals surface area contributed by atoms with E-state index < -0.39 is 37.6 Å². The first kappa shape index (κ1) is 34.3. The van der Waals surface area contributed by atoms with Gasteiger partial charge in [0.1, 0.15) is 18.8 Å². The molecule has 0 aromatic rings. The second-order valence-electron chi connectivity index (χ2n) is 7.34. The van der Waals surface area contributed by atoms with E-state index in [4.69, 9.17) is 33.5 Å². The molecule has 2 amide bonds. The second-order valence-corrected chi connectivity index (χ2v) is 10.2. The Labute approximate surface area is 214 Å². The first-order chi connectivity index (χ1) is 16.9. The molecule has 16 heteroatoms. The molecule has 0 aliphatic carbocycles. The van der Waals surface area contributed by atoms with Gasteiger partial charge in [-0.3, -0.25) is 23.7 Å². The molecular weight excluding hydrogens is 523 g/mol. The van der Waals surface area contributed by atoms with Gasteiger partial charge in [-0.1, -0.05) is 0 Å². The summed E-state index contributed by atoms with van der Waals surface area (Å²) in [5.74, 6) is -1.37. The summed E-state index contributed by atoms with van der Waals surface area (Å²) in [5.41, 5.74) is 0. The van der Waals surface area contributed by atoms with Crippen LogP contribution in [0.5, 0.6) is 0 Å². The largest absolute Gasteiger partial charge is 0.462 e. The van der Waals surface area contributed by atoms with Gasteiger partial charge >= 0.3 is 19.5 Å². The highest BCUT2D eigenvalue weighted by molar-refractivity contribution is 7.99. The molecule has 2 unspecified atom stereocenters. The number of hydrogen-bond donors (Lipinski definition) is 4. The normalized spacial score (nSPS) is 12.9. The van der Waals surface area contributed by atoms with Crippen molar-refractivity contribution in [2.45, 2.75) is 32.9 Å². The van der Waals surface area contributed by atoms with Crippen molar-refractivity contribution in [3.05, 3.63) is 0 Å². The van der Waals surface area contributed by atoms with Gasteiger partial charge < -0.3 is 44.1 Å². The van der Waals surface area contributed by atoms with Gasteiger partial charge in [0, 0.05) is 38.8 Å². The third-order valence-corrected chi connectivity index (χ3v) is 5.85. The number of nitrogens with one attached hydrogen (secondary N) is 2. The molecule has 0 spiro atoms. The zero-order valence-corrected chi connectivity index (χ0v) is 22.5. The Morgan fingerprint density at radius 1 is 0.861 bits per heavy atom. The molecule has 0 aromatic carbocycles. The predicted octanol–water partition coefficient (Wildman–Crippen LogP) is -0.937. The van der Waals surface area contributed by atoms with Crippen LogP contribution in [0.15, 0.2) is 0 Å². The van der Waals surface area contributed by atoms with Crippen LogP contribution in [0.25, 0.3) is 0 Å². The maximum absolute atomic E-state index is 12.4. The van der Waals surface area contributed by atoms with Crippen molar-refractivity contribution in [2.75, 3.05) is 70.5 Å². The van der Waals surface area contributed by atoms with Crippen molar-refractivity contribution in [1.29, 1.82) is 0 Å². The first-order valence-corrected chi connectivity index (χ1v) is 14.1. The van der Waals surface area contributed by atoms with E-state index in [2.05, 4.69) is 10.6 Å². The summed E-state index contributed by atoms with van der Waals surface area (Å²) in [5, 5.41) is 5.23.